The molecular formula is C14H14BrF2NS. The fourth-order valence-electron chi connectivity index (χ4n) is 1.95. The smallest absolute Gasteiger partial charge is 0.126 e. The van der Waals surface area contributed by atoms with Crippen molar-refractivity contribution in [3.63, 3.8) is 0 Å². The van der Waals surface area contributed by atoms with Crippen molar-refractivity contribution in [2.24, 2.45) is 0 Å². The lowest BCUT2D eigenvalue weighted by Crippen LogP contribution is -2.22. The number of hydrogen-bond acceptors (Lipinski definition) is 2. The molecule has 0 saturated carbocycles. The Kier molecular flexibility index (Phi) is 5.07. The summed E-state index contributed by atoms with van der Waals surface area (Å²) in [6, 6.07) is 5.59. The molecule has 0 spiro atoms. The van der Waals surface area contributed by atoms with Gasteiger partial charge < -0.3 is 5.32 Å². The lowest BCUT2D eigenvalue weighted by atomic mass is 10.0. The van der Waals surface area contributed by atoms with Crippen LogP contribution >= 0.6 is 27.3 Å². The van der Waals surface area contributed by atoms with E-state index in [1.54, 1.807) is 11.3 Å². The van der Waals surface area contributed by atoms with E-state index in [1.807, 2.05) is 18.4 Å². The van der Waals surface area contributed by atoms with Crippen molar-refractivity contribution < 1.29 is 8.78 Å². The Morgan fingerprint density at radius 2 is 2.11 bits per heavy atom. The van der Waals surface area contributed by atoms with E-state index in [0.717, 1.165) is 22.0 Å². The summed E-state index contributed by atoms with van der Waals surface area (Å²) in [5.41, 5.74) is 0.399. The van der Waals surface area contributed by atoms with E-state index in [4.69, 9.17) is 0 Å². The first kappa shape index (κ1) is 14.6. The predicted molar refractivity (Wildman–Crippen MR) is 78.5 cm³/mol. The first-order valence-electron chi connectivity index (χ1n) is 6.01. The molecule has 1 heterocycles. The van der Waals surface area contributed by atoms with Gasteiger partial charge in [0.05, 0.1) is 0 Å². The molecule has 1 atom stereocenters. The summed E-state index contributed by atoms with van der Waals surface area (Å²) >= 11 is 5.01. The van der Waals surface area contributed by atoms with Gasteiger partial charge in [0.15, 0.2) is 0 Å². The van der Waals surface area contributed by atoms with Crippen molar-refractivity contribution in [3.05, 3.63) is 56.2 Å². The summed E-state index contributed by atoms with van der Waals surface area (Å²) < 4.78 is 27.9. The zero-order chi connectivity index (χ0) is 13.8. The third kappa shape index (κ3) is 3.84. The SMILES string of the molecule is CCNC(Cc1cc(F)ccc1F)c1cc(Br)cs1. The van der Waals surface area contributed by atoms with E-state index >= 15 is 0 Å². The average Bonchev–Trinajstić information content (AvgIpc) is 2.80. The number of halogens is 3. The molecule has 1 unspecified atom stereocenters. The van der Waals surface area contributed by atoms with Crippen LogP contribution < -0.4 is 5.32 Å². The van der Waals surface area contributed by atoms with Gasteiger partial charge in [-0.15, -0.1) is 11.3 Å². The minimum absolute atomic E-state index is 0.00222. The van der Waals surface area contributed by atoms with Crippen LogP contribution in [-0.4, -0.2) is 6.54 Å². The first-order valence-corrected chi connectivity index (χ1v) is 7.68. The van der Waals surface area contributed by atoms with Gasteiger partial charge in [-0.2, -0.15) is 0 Å². The van der Waals surface area contributed by atoms with Crippen LogP contribution in [0.3, 0.4) is 0 Å². The summed E-state index contributed by atoms with van der Waals surface area (Å²) in [4.78, 5) is 1.11. The first-order chi connectivity index (χ1) is 9.10. The molecule has 102 valence electrons. The highest BCUT2D eigenvalue weighted by molar-refractivity contribution is 9.10. The molecule has 0 aliphatic rings. The Hall–Kier alpha value is -0.780. The zero-order valence-electron chi connectivity index (χ0n) is 10.4. The van der Waals surface area contributed by atoms with Gasteiger partial charge in [-0.25, -0.2) is 8.78 Å². The van der Waals surface area contributed by atoms with Crippen LogP contribution in [0.5, 0.6) is 0 Å². The molecule has 0 radical (unpaired) electrons. The van der Waals surface area contributed by atoms with Crippen LogP contribution in [0.2, 0.25) is 0 Å². The Bertz CT molecular complexity index is 556. The molecule has 2 rings (SSSR count). The summed E-state index contributed by atoms with van der Waals surface area (Å²) in [5.74, 6) is -0.765. The van der Waals surface area contributed by atoms with Crippen LogP contribution in [0, 0.1) is 11.6 Å². The second kappa shape index (κ2) is 6.59. The number of nitrogens with one attached hydrogen (secondary N) is 1. The van der Waals surface area contributed by atoms with Gasteiger partial charge in [-0.1, -0.05) is 6.92 Å². The van der Waals surface area contributed by atoms with Gasteiger partial charge in [0.2, 0.25) is 0 Å². The van der Waals surface area contributed by atoms with E-state index in [0.29, 0.717) is 12.0 Å². The highest BCUT2D eigenvalue weighted by Crippen LogP contribution is 2.28. The largest absolute Gasteiger partial charge is 0.309 e. The molecule has 0 aliphatic carbocycles. The fourth-order valence-corrected chi connectivity index (χ4v) is 3.47. The maximum Gasteiger partial charge on any atom is 0.126 e. The minimum atomic E-state index is -0.404. The third-order valence-corrected chi connectivity index (χ3v) is 4.62. The molecule has 0 amide bonds. The maximum atomic E-state index is 13.7. The molecule has 0 saturated heterocycles. The quantitative estimate of drug-likeness (QED) is 0.829. The molecule has 0 fully saturated rings. The molecule has 19 heavy (non-hydrogen) atoms. The average molecular weight is 346 g/mol. The normalized spacial score (nSPS) is 12.6. The predicted octanol–water partition coefficient (Wildman–Crippen LogP) is 4.68. The van der Waals surface area contributed by atoms with Crippen molar-refractivity contribution >= 4 is 27.3 Å². The van der Waals surface area contributed by atoms with Crippen molar-refractivity contribution in [1.29, 1.82) is 0 Å². The molecule has 1 aromatic heterocycles. The van der Waals surface area contributed by atoms with Crippen LogP contribution in [0.15, 0.2) is 34.1 Å². The number of hydrogen-bond donors (Lipinski definition) is 1. The van der Waals surface area contributed by atoms with Crippen LogP contribution in [0.25, 0.3) is 0 Å². The van der Waals surface area contributed by atoms with Gasteiger partial charge in [-0.05, 0) is 58.7 Å². The van der Waals surface area contributed by atoms with Gasteiger partial charge in [0.25, 0.3) is 0 Å². The van der Waals surface area contributed by atoms with E-state index in [-0.39, 0.29) is 11.9 Å². The summed E-state index contributed by atoms with van der Waals surface area (Å²) in [6.45, 7) is 2.77. The van der Waals surface area contributed by atoms with E-state index in [1.165, 1.54) is 12.1 Å². The van der Waals surface area contributed by atoms with Gasteiger partial charge >= 0.3 is 0 Å². The topological polar surface area (TPSA) is 12.0 Å². The molecule has 5 heteroatoms. The number of benzene rings is 1. The molecule has 1 aromatic carbocycles. The molecule has 2 aromatic rings. The second-order valence-electron chi connectivity index (χ2n) is 4.22. The highest BCUT2D eigenvalue weighted by atomic mass is 79.9. The molecule has 0 bridgehead atoms. The number of thiophene rings is 1. The van der Waals surface area contributed by atoms with E-state index in [2.05, 4.69) is 21.2 Å². The lowest BCUT2D eigenvalue weighted by Gasteiger charge is -2.17. The maximum absolute atomic E-state index is 13.7. The fraction of sp³-hybridized carbons (Fsp3) is 0.286. The van der Waals surface area contributed by atoms with E-state index < -0.39 is 5.82 Å². The van der Waals surface area contributed by atoms with Crippen LogP contribution in [0.4, 0.5) is 8.78 Å². The van der Waals surface area contributed by atoms with Crippen molar-refractivity contribution in [2.75, 3.05) is 6.54 Å². The Labute approximate surface area is 123 Å². The Balaban J connectivity index is 2.23. The summed E-state index contributed by atoms with van der Waals surface area (Å²) in [5, 5.41) is 5.30. The number of rotatable bonds is 5. The second-order valence-corrected chi connectivity index (χ2v) is 6.08. The monoisotopic (exact) mass is 345 g/mol. The molecule has 0 aliphatic heterocycles. The molecular weight excluding hydrogens is 332 g/mol. The number of likely N-dealkylation sites (N-methyl/N-ethyl adjacent to an activating group) is 1. The van der Waals surface area contributed by atoms with Crippen molar-refractivity contribution in [3.8, 4) is 0 Å². The summed E-state index contributed by atoms with van der Waals surface area (Å²) in [6.07, 6.45) is 0.435. The van der Waals surface area contributed by atoms with Gasteiger partial charge in [0, 0.05) is 20.8 Å². The van der Waals surface area contributed by atoms with Crippen LogP contribution in [0.1, 0.15) is 23.4 Å². The van der Waals surface area contributed by atoms with E-state index in [9.17, 15) is 8.78 Å². The lowest BCUT2D eigenvalue weighted by molar-refractivity contribution is 0.527. The minimum Gasteiger partial charge on any atom is -0.309 e. The van der Waals surface area contributed by atoms with Crippen molar-refractivity contribution in [2.45, 2.75) is 19.4 Å². The van der Waals surface area contributed by atoms with Crippen LogP contribution in [-0.2, 0) is 6.42 Å². The molecule has 1 N–H and O–H groups in total. The van der Waals surface area contributed by atoms with Crippen molar-refractivity contribution in [1.82, 2.24) is 5.32 Å². The molecule has 1 nitrogen and oxygen atoms in total. The Morgan fingerprint density at radius 3 is 2.74 bits per heavy atom. The zero-order valence-corrected chi connectivity index (χ0v) is 12.8. The van der Waals surface area contributed by atoms with Gasteiger partial charge in [-0.3, -0.25) is 0 Å². The third-order valence-electron chi connectivity index (χ3n) is 2.81. The highest BCUT2D eigenvalue weighted by Gasteiger charge is 2.16. The Morgan fingerprint density at radius 1 is 1.32 bits per heavy atom. The standard InChI is InChI=1S/C14H14BrF2NS/c1-2-18-13(14-7-10(15)8-19-14)6-9-5-11(16)3-4-12(9)17/h3-5,7-8,13,18H,2,6H2,1H3. The summed E-state index contributed by atoms with van der Waals surface area (Å²) in [7, 11) is 0. The van der Waals surface area contributed by atoms with Gasteiger partial charge in [0.1, 0.15) is 11.6 Å².